The van der Waals surface area contributed by atoms with Crippen LogP contribution in [-0.4, -0.2) is 40.9 Å². The number of nitrogens with one attached hydrogen (secondary N) is 1. The van der Waals surface area contributed by atoms with Crippen LogP contribution >= 0.6 is 0 Å². The molecule has 1 aliphatic rings. The molecule has 2 rings (SSSR count). The van der Waals surface area contributed by atoms with Crippen molar-refractivity contribution >= 4 is 0 Å². The van der Waals surface area contributed by atoms with Crippen molar-refractivity contribution < 1.29 is 0 Å². The zero-order chi connectivity index (χ0) is 12.1. The minimum atomic E-state index is 0.780. The second-order valence-electron chi connectivity index (χ2n) is 5.04. The van der Waals surface area contributed by atoms with E-state index in [1.807, 2.05) is 17.9 Å². The van der Waals surface area contributed by atoms with Gasteiger partial charge in [-0.3, -0.25) is 4.68 Å². The third-order valence-electron chi connectivity index (χ3n) is 3.80. The number of piperidine rings is 1. The van der Waals surface area contributed by atoms with Crippen molar-refractivity contribution in [1.29, 1.82) is 0 Å². The molecule has 1 saturated heterocycles. The molecule has 4 heteroatoms. The first-order valence-electron chi connectivity index (χ1n) is 6.65. The number of aryl methyl sites for hydroxylation is 1. The summed E-state index contributed by atoms with van der Waals surface area (Å²) in [5.41, 5.74) is 1.25. The number of rotatable bonds is 5. The highest BCUT2D eigenvalue weighted by Crippen LogP contribution is 2.17. The minimum absolute atomic E-state index is 0.780. The fraction of sp³-hybridized carbons (Fsp3) is 0.769. The van der Waals surface area contributed by atoms with E-state index in [2.05, 4.69) is 28.4 Å². The molecule has 1 aliphatic heterocycles. The lowest BCUT2D eigenvalue weighted by Gasteiger charge is -2.32. The molecule has 1 aromatic heterocycles. The van der Waals surface area contributed by atoms with E-state index in [1.165, 1.54) is 37.9 Å². The predicted molar refractivity (Wildman–Crippen MR) is 69.8 cm³/mol. The lowest BCUT2D eigenvalue weighted by atomic mass is 10.0. The molecule has 2 heterocycles. The maximum absolute atomic E-state index is 4.17. The van der Waals surface area contributed by atoms with Gasteiger partial charge in [-0.25, -0.2) is 0 Å². The Balaban J connectivity index is 1.64. The monoisotopic (exact) mass is 236 g/mol. The molecule has 4 nitrogen and oxygen atoms in total. The first-order valence-corrected chi connectivity index (χ1v) is 6.65. The maximum atomic E-state index is 4.17. The molecule has 1 N–H and O–H groups in total. The molecule has 0 aliphatic carbocycles. The van der Waals surface area contributed by atoms with Crippen molar-refractivity contribution in [3.8, 4) is 0 Å². The average molecular weight is 236 g/mol. The largest absolute Gasteiger partial charge is 0.311 e. The van der Waals surface area contributed by atoms with Gasteiger partial charge >= 0.3 is 0 Å². The summed E-state index contributed by atoms with van der Waals surface area (Å²) < 4.78 is 1.93. The van der Waals surface area contributed by atoms with Crippen LogP contribution < -0.4 is 5.32 Å². The van der Waals surface area contributed by atoms with Crippen molar-refractivity contribution in [2.24, 2.45) is 7.05 Å². The van der Waals surface area contributed by atoms with Crippen LogP contribution in [0, 0.1) is 0 Å². The Bertz CT molecular complexity index is 334. The Labute approximate surface area is 104 Å². The van der Waals surface area contributed by atoms with Crippen LogP contribution in [0.25, 0.3) is 0 Å². The van der Waals surface area contributed by atoms with Gasteiger partial charge in [0.2, 0.25) is 0 Å². The van der Waals surface area contributed by atoms with Crippen LogP contribution in [0.1, 0.15) is 31.4 Å². The molecule has 1 aromatic rings. The first-order chi connectivity index (χ1) is 8.27. The summed E-state index contributed by atoms with van der Waals surface area (Å²) in [6.45, 7) is 3.29. The molecule has 1 unspecified atom stereocenters. The lowest BCUT2D eigenvalue weighted by Crippen LogP contribution is -2.38. The molecule has 0 saturated carbocycles. The van der Waals surface area contributed by atoms with E-state index in [0.29, 0.717) is 0 Å². The van der Waals surface area contributed by atoms with Gasteiger partial charge < -0.3 is 10.2 Å². The van der Waals surface area contributed by atoms with Crippen LogP contribution in [0.2, 0.25) is 0 Å². The molecule has 1 fully saturated rings. The smallest absolute Gasteiger partial charge is 0.0518 e. The SMILES string of the molecule is CN1CCCCC1CCNCc1ccnn1C. The molecule has 0 amide bonds. The Morgan fingerprint density at radius 2 is 2.29 bits per heavy atom. The molecule has 1 atom stereocenters. The van der Waals surface area contributed by atoms with E-state index in [0.717, 1.165) is 19.1 Å². The van der Waals surface area contributed by atoms with Gasteiger partial charge in [0.15, 0.2) is 0 Å². The zero-order valence-electron chi connectivity index (χ0n) is 11.0. The third-order valence-corrected chi connectivity index (χ3v) is 3.80. The van der Waals surface area contributed by atoms with Crippen LogP contribution in [-0.2, 0) is 13.6 Å². The second kappa shape index (κ2) is 6.17. The Hall–Kier alpha value is -0.870. The van der Waals surface area contributed by atoms with Gasteiger partial charge in [-0.2, -0.15) is 5.10 Å². The highest BCUT2D eigenvalue weighted by Gasteiger charge is 2.17. The molecule has 0 aromatic carbocycles. The minimum Gasteiger partial charge on any atom is -0.311 e. The standard InChI is InChI=1S/C13H24N4/c1-16-10-4-3-5-12(16)6-8-14-11-13-7-9-15-17(13)2/h7,9,12,14H,3-6,8,10-11H2,1-2H3. The van der Waals surface area contributed by atoms with E-state index >= 15 is 0 Å². The summed E-state index contributed by atoms with van der Waals surface area (Å²) in [5.74, 6) is 0. The van der Waals surface area contributed by atoms with Crippen LogP contribution in [0.5, 0.6) is 0 Å². The van der Waals surface area contributed by atoms with Crippen molar-refractivity contribution in [1.82, 2.24) is 20.0 Å². The van der Waals surface area contributed by atoms with Gasteiger partial charge in [0, 0.05) is 25.8 Å². The summed E-state index contributed by atoms with van der Waals surface area (Å²) in [6.07, 6.45) is 7.25. The molecule has 0 radical (unpaired) electrons. The maximum Gasteiger partial charge on any atom is 0.0518 e. The van der Waals surface area contributed by atoms with Crippen molar-refractivity contribution in [2.45, 2.75) is 38.3 Å². The van der Waals surface area contributed by atoms with Crippen LogP contribution in [0.4, 0.5) is 0 Å². The van der Waals surface area contributed by atoms with Gasteiger partial charge in [-0.05, 0) is 45.5 Å². The number of hydrogen-bond acceptors (Lipinski definition) is 3. The summed E-state index contributed by atoms with van der Waals surface area (Å²) in [7, 11) is 4.25. The van der Waals surface area contributed by atoms with Crippen molar-refractivity contribution in [2.75, 3.05) is 20.1 Å². The van der Waals surface area contributed by atoms with E-state index in [4.69, 9.17) is 0 Å². The topological polar surface area (TPSA) is 33.1 Å². The van der Waals surface area contributed by atoms with Crippen LogP contribution in [0.15, 0.2) is 12.3 Å². The number of aromatic nitrogens is 2. The highest BCUT2D eigenvalue weighted by molar-refractivity contribution is 4.99. The molecule has 0 spiro atoms. The highest BCUT2D eigenvalue weighted by atomic mass is 15.3. The first kappa shape index (κ1) is 12.6. The second-order valence-corrected chi connectivity index (χ2v) is 5.04. The van der Waals surface area contributed by atoms with Gasteiger partial charge in [0.05, 0.1) is 5.69 Å². The van der Waals surface area contributed by atoms with Gasteiger partial charge in [0.25, 0.3) is 0 Å². The van der Waals surface area contributed by atoms with Gasteiger partial charge in [0.1, 0.15) is 0 Å². The van der Waals surface area contributed by atoms with E-state index in [-0.39, 0.29) is 0 Å². The number of nitrogens with zero attached hydrogens (tertiary/aromatic N) is 3. The van der Waals surface area contributed by atoms with E-state index in [1.54, 1.807) is 0 Å². The lowest BCUT2D eigenvalue weighted by molar-refractivity contribution is 0.175. The zero-order valence-corrected chi connectivity index (χ0v) is 11.0. The molecule has 17 heavy (non-hydrogen) atoms. The molecular weight excluding hydrogens is 212 g/mol. The van der Waals surface area contributed by atoms with E-state index in [9.17, 15) is 0 Å². The van der Waals surface area contributed by atoms with Crippen LogP contribution in [0.3, 0.4) is 0 Å². The number of likely N-dealkylation sites (tertiary alicyclic amines) is 1. The molecule has 96 valence electrons. The Morgan fingerprint density at radius 3 is 3.00 bits per heavy atom. The van der Waals surface area contributed by atoms with Crippen molar-refractivity contribution in [3.05, 3.63) is 18.0 Å². The summed E-state index contributed by atoms with van der Waals surface area (Å²) >= 11 is 0. The summed E-state index contributed by atoms with van der Waals surface area (Å²) in [4.78, 5) is 2.51. The quantitative estimate of drug-likeness (QED) is 0.784. The van der Waals surface area contributed by atoms with Gasteiger partial charge in [-0.1, -0.05) is 6.42 Å². The molecular formula is C13H24N4. The summed E-state index contributed by atoms with van der Waals surface area (Å²) in [5, 5.41) is 7.67. The fourth-order valence-corrected chi connectivity index (χ4v) is 2.57. The van der Waals surface area contributed by atoms with E-state index < -0.39 is 0 Å². The normalized spacial score (nSPS) is 21.9. The average Bonchev–Trinajstić information content (AvgIpc) is 2.73. The molecule has 0 bridgehead atoms. The van der Waals surface area contributed by atoms with Crippen molar-refractivity contribution in [3.63, 3.8) is 0 Å². The Morgan fingerprint density at radius 1 is 1.41 bits per heavy atom. The Kier molecular flexibility index (Phi) is 4.57. The summed E-state index contributed by atoms with van der Waals surface area (Å²) in [6, 6.07) is 2.85. The predicted octanol–water partition coefficient (Wildman–Crippen LogP) is 1.38. The third kappa shape index (κ3) is 3.54. The fourth-order valence-electron chi connectivity index (χ4n) is 2.57. The van der Waals surface area contributed by atoms with Gasteiger partial charge in [-0.15, -0.1) is 0 Å². The number of hydrogen-bond donors (Lipinski definition) is 1.